The number of allylic oxidation sites excluding steroid dienone is 2. The summed E-state index contributed by atoms with van der Waals surface area (Å²) in [5, 5.41) is 2.93. The van der Waals surface area contributed by atoms with Crippen LogP contribution in [0.1, 0.15) is 25.5 Å². The summed E-state index contributed by atoms with van der Waals surface area (Å²) in [6.45, 7) is 2.64. The molecule has 2 bridgehead atoms. The minimum Gasteiger partial charge on any atom is -0.367 e. The topological polar surface area (TPSA) is 75.2 Å². The van der Waals surface area contributed by atoms with Gasteiger partial charge in [0, 0.05) is 13.1 Å². The molecule has 1 saturated heterocycles. The van der Waals surface area contributed by atoms with Gasteiger partial charge >= 0.3 is 0 Å². The van der Waals surface area contributed by atoms with Crippen molar-refractivity contribution in [2.24, 2.45) is 23.7 Å². The van der Waals surface area contributed by atoms with Gasteiger partial charge in [-0.15, -0.1) is 0 Å². The summed E-state index contributed by atoms with van der Waals surface area (Å²) in [5.41, 5.74) is 0.373. The van der Waals surface area contributed by atoms with Gasteiger partial charge in [0.25, 0.3) is 0 Å². The minimum absolute atomic E-state index is 0.0339. The molecule has 4 atom stereocenters. The quantitative estimate of drug-likeness (QED) is 0.484. The van der Waals surface area contributed by atoms with Crippen molar-refractivity contribution >= 4 is 17.6 Å². The standard InChI is InChI=1S/C18H21FN4O2/c1-2-12-15(19)16(22-9-21-12)20-6-3-7-23-17(24)13-10-4-5-11(8-10)14(13)18(23)25/h4-5,9-11,13-14H,2-3,6-8H2,1H3,(H,20,21,22)/t10-,11-,13+,14+/m0/s1. The Balaban J connectivity index is 1.33. The highest BCUT2D eigenvalue weighted by molar-refractivity contribution is 6.06. The van der Waals surface area contributed by atoms with E-state index in [1.54, 1.807) is 0 Å². The van der Waals surface area contributed by atoms with Crippen LogP contribution in [0.5, 0.6) is 0 Å². The average molecular weight is 344 g/mol. The molecule has 6 nitrogen and oxygen atoms in total. The third-order valence-corrected chi connectivity index (χ3v) is 5.61. The lowest BCUT2D eigenvalue weighted by atomic mass is 9.85. The Morgan fingerprint density at radius 1 is 1.20 bits per heavy atom. The summed E-state index contributed by atoms with van der Waals surface area (Å²) in [7, 11) is 0. The maximum Gasteiger partial charge on any atom is 0.233 e. The first-order valence-corrected chi connectivity index (χ1v) is 8.88. The van der Waals surface area contributed by atoms with Gasteiger partial charge in [-0.05, 0) is 31.1 Å². The van der Waals surface area contributed by atoms with Crippen LogP contribution in [-0.4, -0.2) is 39.8 Å². The second kappa shape index (κ2) is 6.20. The first-order valence-electron chi connectivity index (χ1n) is 8.88. The largest absolute Gasteiger partial charge is 0.367 e. The summed E-state index contributed by atoms with van der Waals surface area (Å²) in [4.78, 5) is 34.3. The highest BCUT2D eigenvalue weighted by atomic mass is 19.1. The summed E-state index contributed by atoms with van der Waals surface area (Å²) < 4.78 is 14.1. The van der Waals surface area contributed by atoms with Gasteiger partial charge in [-0.25, -0.2) is 14.4 Å². The number of fused-ring (bicyclic) bond motifs is 5. The van der Waals surface area contributed by atoms with Crippen LogP contribution in [0.2, 0.25) is 0 Å². The maximum atomic E-state index is 14.1. The monoisotopic (exact) mass is 344 g/mol. The molecule has 2 aliphatic carbocycles. The highest BCUT2D eigenvalue weighted by Crippen LogP contribution is 2.52. The van der Waals surface area contributed by atoms with Crippen molar-refractivity contribution in [1.82, 2.24) is 14.9 Å². The van der Waals surface area contributed by atoms with Crippen molar-refractivity contribution in [3.63, 3.8) is 0 Å². The van der Waals surface area contributed by atoms with E-state index in [1.807, 2.05) is 6.92 Å². The van der Waals surface area contributed by atoms with E-state index >= 15 is 0 Å². The number of nitrogens with one attached hydrogen (secondary N) is 1. The van der Waals surface area contributed by atoms with Crippen LogP contribution in [0.15, 0.2) is 18.5 Å². The van der Waals surface area contributed by atoms with E-state index in [4.69, 9.17) is 0 Å². The molecule has 132 valence electrons. The van der Waals surface area contributed by atoms with Crippen LogP contribution in [0.3, 0.4) is 0 Å². The molecule has 0 spiro atoms. The highest BCUT2D eigenvalue weighted by Gasteiger charge is 2.58. The number of carbonyl (C=O) groups is 2. The Morgan fingerprint density at radius 3 is 2.52 bits per heavy atom. The van der Waals surface area contributed by atoms with E-state index in [9.17, 15) is 14.0 Å². The Hall–Kier alpha value is -2.31. The van der Waals surface area contributed by atoms with E-state index in [0.717, 1.165) is 6.42 Å². The number of aromatic nitrogens is 2. The number of hydrogen-bond acceptors (Lipinski definition) is 5. The zero-order valence-electron chi connectivity index (χ0n) is 14.1. The van der Waals surface area contributed by atoms with Crippen molar-refractivity contribution in [3.8, 4) is 0 Å². The lowest BCUT2D eigenvalue weighted by Gasteiger charge is -2.17. The average Bonchev–Trinajstić information content (AvgIpc) is 3.29. The van der Waals surface area contributed by atoms with Crippen molar-refractivity contribution in [2.75, 3.05) is 18.4 Å². The van der Waals surface area contributed by atoms with Crippen LogP contribution < -0.4 is 5.32 Å². The zero-order valence-corrected chi connectivity index (χ0v) is 14.1. The van der Waals surface area contributed by atoms with E-state index in [2.05, 4.69) is 27.4 Å². The van der Waals surface area contributed by atoms with E-state index < -0.39 is 5.82 Å². The van der Waals surface area contributed by atoms with Crippen LogP contribution in [0, 0.1) is 29.5 Å². The van der Waals surface area contributed by atoms with Crippen LogP contribution in [-0.2, 0) is 16.0 Å². The van der Waals surface area contributed by atoms with Gasteiger partial charge in [0.2, 0.25) is 11.8 Å². The molecule has 0 radical (unpaired) electrons. The summed E-state index contributed by atoms with van der Waals surface area (Å²) in [6, 6.07) is 0. The van der Waals surface area contributed by atoms with Crippen LogP contribution in [0.4, 0.5) is 10.2 Å². The van der Waals surface area contributed by atoms with Gasteiger partial charge in [0.05, 0.1) is 17.5 Å². The molecule has 1 saturated carbocycles. The number of hydrogen-bond donors (Lipinski definition) is 1. The number of aryl methyl sites for hydroxylation is 1. The first kappa shape index (κ1) is 16.2. The molecule has 0 aromatic carbocycles. The number of anilines is 1. The number of halogens is 1. The van der Waals surface area contributed by atoms with Crippen molar-refractivity contribution in [2.45, 2.75) is 26.2 Å². The fraction of sp³-hybridized carbons (Fsp3) is 0.556. The zero-order chi connectivity index (χ0) is 17.6. The second-order valence-corrected chi connectivity index (χ2v) is 6.94. The van der Waals surface area contributed by atoms with Gasteiger partial charge in [-0.1, -0.05) is 19.1 Å². The smallest absolute Gasteiger partial charge is 0.233 e. The summed E-state index contributed by atoms with van der Waals surface area (Å²) in [5.74, 6) is -0.166. The number of rotatable bonds is 6. The normalized spacial score (nSPS) is 29.6. The number of amides is 2. The molecule has 0 unspecified atom stereocenters. The van der Waals surface area contributed by atoms with E-state index in [1.165, 1.54) is 11.2 Å². The fourth-order valence-corrected chi connectivity index (χ4v) is 4.40. The van der Waals surface area contributed by atoms with Gasteiger partial charge in [0.15, 0.2) is 11.6 Å². The van der Waals surface area contributed by atoms with Crippen LogP contribution in [0.25, 0.3) is 0 Å². The Labute approximate surface area is 145 Å². The van der Waals surface area contributed by atoms with Gasteiger partial charge in [0.1, 0.15) is 6.33 Å². The lowest BCUT2D eigenvalue weighted by molar-refractivity contribution is -0.140. The predicted molar refractivity (Wildman–Crippen MR) is 88.9 cm³/mol. The minimum atomic E-state index is -0.435. The molecular weight excluding hydrogens is 323 g/mol. The Kier molecular flexibility index (Phi) is 4.01. The lowest BCUT2D eigenvalue weighted by Crippen LogP contribution is -2.34. The molecule has 1 aromatic heterocycles. The maximum absolute atomic E-state index is 14.1. The van der Waals surface area contributed by atoms with Gasteiger partial charge < -0.3 is 5.32 Å². The van der Waals surface area contributed by atoms with Crippen LogP contribution >= 0.6 is 0 Å². The first-order chi connectivity index (χ1) is 12.1. The number of nitrogens with zero attached hydrogens (tertiary/aromatic N) is 3. The summed E-state index contributed by atoms with van der Waals surface area (Å²) >= 11 is 0. The van der Waals surface area contributed by atoms with Gasteiger partial charge in [-0.3, -0.25) is 14.5 Å². The van der Waals surface area contributed by atoms with Gasteiger partial charge in [-0.2, -0.15) is 0 Å². The number of imide groups is 1. The Morgan fingerprint density at radius 2 is 1.88 bits per heavy atom. The molecule has 25 heavy (non-hydrogen) atoms. The molecule has 1 aliphatic heterocycles. The fourth-order valence-electron chi connectivity index (χ4n) is 4.40. The molecule has 2 amide bonds. The Bertz CT molecular complexity index is 721. The van der Waals surface area contributed by atoms with Crippen molar-refractivity contribution in [1.29, 1.82) is 0 Å². The molecule has 7 heteroatoms. The molecular formula is C18H21FN4O2. The van der Waals surface area contributed by atoms with Crippen molar-refractivity contribution < 1.29 is 14.0 Å². The van der Waals surface area contributed by atoms with E-state index in [-0.39, 0.29) is 41.3 Å². The number of carbonyl (C=O) groups excluding carboxylic acids is 2. The predicted octanol–water partition coefficient (Wildman–Crippen LogP) is 1.79. The third-order valence-electron chi connectivity index (χ3n) is 5.61. The third kappa shape index (κ3) is 2.53. The molecule has 1 N–H and O–H groups in total. The molecule has 4 rings (SSSR count). The second-order valence-electron chi connectivity index (χ2n) is 6.94. The molecule has 2 fully saturated rings. The SMILES string of the molecule is CCc1ncnc(NCCCN2C(=O)[C@H]3[C@H](C2=O)[C@H]2C=C[C@H]3C2)c1F. The number of likely N-dealkylation sites (tertiary alicyclic amines) is 1. The van der Waals surface area contributed by atoms with E-state index in [0.29, 0.717) is 31.6 Å². The summed E-state index contributed by atoms with van der Waals surface area (Å²) in [6.07, 6.45) is 7.51. The molecule has 1 aromatic rings. The molecule has 2 heterocycles. The van der Waals surface area contributed by atoms with Crippen molar-refractivity contribution in [3.05, 3.63) is 30.0 Å². The molecule has 3 aliphatic rings.